The maximum atomic E-state index is 13.2. The Labute approximate surface area is 249 Å². The van der Waals surface area contributed by atoms with Crippen molar-refractivity contribution in [2.45, 2.75) is 49.3 Å². The molecule has 2 bridgehead atoms. The Kier molecular flexibility index (Phi) is 7.32. The Morgan fingerprint density at radius 1 is 0.933 bits per heavy atom. The van der Waals surface area contributed by atoms with Crippen LogP contribution in [-0.2, 0) is 36.9 Å². The van der Waals surface area contributed by atoms with Crippen LogP contribution in [0.3, 0.4) is 0 Å². The van der Waals surface area contributed by atoms with Crippen molar-refractivity contribution in [2.24, 2.45) is 0 Å². The van der Waals surface area contributed by atoms with E-state index in [0.29, 0.717) is 5.52 Å². The van der Waals surface area contributed by atoms with Crippen molar-refractivity contribution in [3.05, 3.63) is 35.3 Å². The molecular formula is C21H25N9O13P2. The molecule has 3 fully saturated rings. The van der Waals surface area contributed by atoms with Crippen LogP contribution in [0.25, 0.3) is 22.3 Å². The largest absolute Gasteiger partial charge is 0.472 e. The first-order valence-corrected chi connectivity index (χ1v) is 16.3. The standard InChI is InChI=1S/C21H25N9O13P2/c22-7-1-2-24-15-9(7)25-4-29(15)18-11(31)13-8(40-18)3-39-45(36,37)43-14-12(32)20(38-6-44(34,35)42-13)41-19(14)30-5-26-10-16(30)27-21(23)28-17(10)33/h1-2,4-5,8,11-14,18-20,31-32H,3,6H2,(H2,22,24)(H,34,35)(H,36,37)(H3,23,27,28,33)/t8-,11+,12?,13?,14+,18-,19-,20+/m1/s1. The van der Waals surface area contributed by atoms with Crippen molar-refractivity contribution in [3.63, 3.8) is 0 Å². The smallest absolute Gasteiger partial charge is 0.397 e. The second-order valence-corrected chi connectivity index (χ2v) is 13.4. The van der Waals surface area contributed by atoms with Gasteiger partial charge in [-0.05, 0) is 6.07 Å². The number of ether oxygens (including phenoxy) is 3. The molecule has 0 radical (unpaired) electrons. The average molecular weight is 673 g/mol. The van der Waals surface area contributed by atoms with Gasteiger partial charge in [-0.1, -0.05) is 0 Å². The topological polar surface area (TPSA) is 317 Å². The fourth-order valence-corrected chi connectivity index (χ4v) is 7.29. The number of nitrogen functional groups attached to an aromatic ring is 2. The Hall–Kier alpha value is -3.37. The molecule has 0 saturated carbocycles. The summed E-state index contributed by atoms with van der Waals surface area (Å²) < 4.78 is 61.5. The molecule has 45 heavy (non-hydrogen) atoms. The summed E-state index contributed by atoms with van der Waals surface area (Å²) in [7, 11) is -9.90. The second-order valence-electron chi connectivity index (χ2n) is 10.3. The van der Waals surface area contributed by atoms with Gasteiger partial charge in [0, 0.05) is 6.20 Å². The lowest BCUT2D eigenvalue weighted by Crippen LogP contribution is -2.36. The number of nitrogens with two attached hydrogens (primary N) is 2. The molecule has 4 aromatic heterocycles. The lowest BCUT2D eigenvalue weighted by atomic mass is 10.1. The molecule has 9 N–H and O–H groups in total. The number of nitrogens with zero attached hydrogens (tertiary/aromatic N) is 6. The number of hydrogen-bond acceptors (Lipinski definition) is 17. The minimum Gasteiger partial charge on any atom is -0.397 e. The normalized spacial score (nSPS) is 37.7. The van der Waals surface area contributed by atoms with E-state index in [9.17, 15) is 33.9 Å². The fraction of sp³-hybridized carbons (Fsp3) is 0.476. The number of aromatic amines is 1. The number of phosphoric ester groups is 1. The highest BCUT2D eigenvalue weighted by molar-refractivity contribution is 7.52. The first-order chi connectivity index (χ1) is 21.3. The molecule has 0 spiro atoms. The maximum absolute atomic E-state index is 13.2. The Balaban J connectivity index is 1.21. The van der Waals surface area contributed by atoms with E-state index in [4.69, 9.17) is 39.2 Å². The molecule has 4 aromatic rings. The van der Waals surface area contributed by atoms with Gasteiger partial charge in [0.2, 0.25) is 5.95 Å². The summed E-state index contributed by atoms with van der Waals surface area (Å²) in [6.07, 6.45) is -10.3. The van der Waals surface area contributed by atoms with Crippen molar-refractivity contribution in [1.29, 1.82) is 0 Å². The minimum atomic E-state index is -5.12. The molecule has 3 aliphatic rings. The molecule has 7 heterocycles. The lowest BCUT2D eigenvalue weighted by Gasteiger charge is -2.25. The van der Waals surface area contributed by atoms with Crippen molar-refractivity contribution < 1.29 is 56.9 Å². The number of phosphoric acid groups is 1. The first-order valence-electron chi connectivity index (χ1n) is 13.1. The quantitative estimate of drug-likeness (QED) is 0.116. The van der Waals surface area contributed by atoms with Crippen LogP contribution in [0.4, 0.5) is 11.6 Å². The number of imidazole rings is 2. The number of fused-ring (bicyclic) bond motifs is 5. The molecule has 24 heteroatoms. The summed E-state index contributed by atoms with van der Waals surface area (Å²) in [5, 5.41) is 22.1. The molecule has 3 saturated heterocycles. The Morgan fingerprint density at radius 2 is 1.67 bits per heavy atom. The van der Waals surface area contributed by atoms with Crippen LogP contribution < -0.4 is 17.0 Å². The summed E-state index contributed by atoms with van der Waals surface area (Å²) in [5.41, 5.74) is 11.4. The summed E-state index contributed by atoms with van der Waals surface area (Å²) in [4.78, 5) is 52.2. The highest BCUT2D eigenvalue weighted by atomic mass is 31.2. The average Bonchev–Trinajstić information content (AvgIpc) is 3.72. The maximum Gasteiger partial charge on any atom is 0.472 e. The molecule has 242 valence electrons. The molecular weight excluding hydrogens is 648 g/mol. The number of aliphatic hydroxyl groups is 2. The number of pyridine rings is 1. The molecule has 22 nitrogen and oxygen atoms in total. The zero-order valence-electron chi connectivity index (χ0n) is 22.5. The van der Waals surface area contributed by atoms with Gasteiger partial charge in [0.05, 0.1) is 24.9 Å². The van der Waals surface area contributed by atoms with Crippen LogP contribution in [0, 0.1) is 0 Å². The van der Waals surface area contributed by atoms with Crippen molar-refractivity contribution in [2.75, 3.05) is 24.4 Å². The zero-order chi connectivity index (χ0) is 31.8. The zero-order valence-corrected chi connectivity index (χ0v) is 24.3. The fourth-order valence-electron chi connectivity index (χ4n) is 5.32. The van der Waals surface area contributed by atoms with Gasteiger partial charge in [0.1, 0.15) is 36.0 Å². The van der Waals surface area contributed by atoms with Crippen LogP contribution in [0.1, 0.15) is 12.5 Å². The van der Waals surface area contributed by atoms with E-state index in [1.807, 2.05) is 0 Å². The van der Waals surface area contributed by atoms with Crippen molar-refractivity contribution >= 4 is 49.4 Å². The van der Waals surface area contributed by atoms with Crippen molar-refractivity contribution in [3.8, 4) is 0 Å². The molecule has 10 atom stereocenters. The number of aliphatic hydroxyl groups excluding tert-OH is 2. The highest BCUT2D eigenvalue weighted by Gasteiger charge is 2.54. The third-order valence-corrected chi connectivity index (χ3v) is 9.35. The molecule has 7 rings (SSSR count). The number of rotatable bonds is 2. The molecule has 4 unspecified atom stereocenters. The van der Waals surface area contributed by atoms with E-state index in [1.54, 1.807) is 0 Å². The van der Waals surface area contributed by atoms with Gasteiger partial charge in [-0.25, -0.2) is 19.5 Å². The van der Waals surface area contributed by atoms with Gasteiger partial charge >= 0.3 is 15.4 Å². The van der Waals surface area contributed by atoms with Crippen LogP contribution in [0.15, 0.2) is 29.7 Å². The van der Waals surface area contributed by atoms with E-state index in [-0.39, 0.29) is 28.4 Å². The highest BCUT2D eigenvalue weighted by Crippen LogP contribution is 2.53. The minimum absolute atomic E-state index is 0.140. The predicted octanol–water partition coefficient (Wildman–Crippen LogP) is -1.74. The SMILES string of the molecule is Nc1nc2c(ncn2[C@@H]2O[C@@H]3OCP(=O)(O)OC4[C@@H](COP(=O)(O)O[C@H]2C3O)O[C@@H](n2cnc3c(N)ccnc32)[C@H]4O)c(=O)[nH]1. The summed E-state index contributed by atoms with van der Waals surface area (Å²) >= 11 is 0. The third kappa shape index (κ3) is 5.33. The van der Waals surface area contributed by atoms with Gasteiger partial charge < -0.3 is 45.7 Å². The van der Waals surface area contributed by atoms with Crippen LogP contribution in [0.5, 0.6) is 0 Å². The van der Waals surface area contributed by atoms with E-state index in [2.05, 4.69) is 24.9 Å². The molecule has 3 aliphatic heterocycles. The Bertz CT molecular complexity index is 1930. The van der Waals surface area contributed by atoms with E-state index in [0.717, 1.165) is 10.9 Å². The third-order valence-electron chi connectivity index (χ3n) is 7.32. The predicted molar refractivity (Wildman–Crippen MR) is 146 cm³/mol. The number of hydrogen-bond donors (Lipinski definition) is 7. The lowest BCUT2D eigenvalue weighted by molar-refractivity contribution is -0.168. The van der Waals surface area contributed by atoms with Crippen molar-refractivity contribution in [1.82, 2.24) is 34.1 Å². The van der Waals surface area contributed by atoms with Gasteiger partial charge in [-0.2, -0.15) is 4.98 Å². The Morgan fingerprint density at radius 3 is 2.44 bits per heavy atom. The first kappa shape index (κ1) is 30.3. The number of H-pyrrole nitrogens is 1. The molecule has 0 amide bonds. The molecule has 0 aliphatic carbocycles. The van der Waals surface area contributed by atoms with E-state index >= 15 is 0 Å². The number of aromatic nitrogens is 7. The van der Waals surface area contributed by atoms with Gasteiger partial charge in [-0.3, -0.25) is 37.0 Å². The number of nitrogens with one attached hydrogen (secondary N) is 1. The van der Waals surface area contributed by atoms with Crippen LogP contribution in [0.2, 0.25) is 0 Å². The molecule has 0 aromatic carbocycles. The monoisotopic (exact) mass is 673 g/mol. The number of anilines is 2. The summed E-state index contributed by atoms with van der Waals surface area (Å²) in [6, 6.07) is 1.51. The van der Waals surface area contributed by atoms with E-state index in [1.165, 1.54) is 23.2 Å². The van der Waals surface area contributed by atoms with Gasteiger partial charge in [0.25, 0.3) is 5.56 Å². The second kappa shape index (κ2) is 10.9. The van der Waals surface area contributed by atoms with Gasteiger partial charge in [0.15, 0.2) is 41.9 Å². The van der Waals surface area contributed by atoms with Gasteiger partial charge in [-0.15, -0.1) is 0 Å². The summed E-state index contributed by atoms with van der Waals surface area (Å²) in [6.45, 7) is -0.811. The van der Waals surface area contributed by atoms with Crippen LogP contribution >= 0.6 is 15.4 Å². The van der Waals surface area contributed by atoms with Crippen LogP contribution in [-0.4, -0.2) is 104 Å². The summed E-state index contributed by atoms with van der Waals surface area (Å²) in [5.74, 6) is -0.288. The van der Waals surface area contributed by atoms with E-state index < -0.39 is 83.2 Å².